The van der Waals surface area contributed by atoms with E-state index in [1.54, 1.807) is 11.0 Å². The predicted molar refractivity (Wildman–Crippen MR) is 55.3 cm³/mol. The second kappa shape index (κ2) is 5.20. The Bertz CT molecular complexity index is 376. The molecule has 1 aromatic heterocycles. The van der Waals surface area contributed by atoms with Crippen LogP contribution >= 0.6 is 0 Å². The van der Waals surface area contributed by atoms with Crippen molar-refractivity contribution in [3.8, 4) is 6.07 Å². The minimum atomic E-state index is -0.143. The molecule has 0 unspecified atom stereocenters. The van der Waals surface area contributed by atoms with Crippen LogP contribution in [0.25, 0.3) is 0 Å². The number of rotatable bonds is 4. The molecule has 15 heavy (non-hydrogen) atoms. The Kier molecular flexibility index (Phi) is 3.92. The van der Waals surface area contributed by atoms with Crippen LogP contribution in [0.2, 0.25) is 0 Å². The van der Waals surface area contributed by atoms with E-state index in [0.717, 1.165) is 5.56 Å². The van der Waals surface area contributed by atoms with Crippen LogP contribution in [0.4, 0.5) is 0 Å². The van der Waals surface area contributed by atoms with Crippen LogP contribution in [0.5, 0.6) is 0 Å². The van der Waals surface area contributed by atoms with Gasteiger partial charge in [-0.1, -0.05) is 0 Å². The summed E-state index contributed by atoms with van der Waals surface area (Å²) < 4.78 is 5.11. The van der Waals surface area contributed by atoms with Crippen molar-refractivity contribution in [2.75, 3.05) is 13.1 Å². The van der Waals surface area contributed by atoms with Gasteiger partial charge in [0.1, 0.15) is 0 Å². The molecular formula is C11H14N2O2. The smallest absolute Gasteiger partial charge is 0.289 e. The van der Waals surface area contributed by atoms with E-state index in [9.17, 15) is 4.79 Å². The Balaban J connectivity index is 2.74. The van der Waals surface area contributed by atoms with Crippen molar-refractivity contribution in [3.05, 3.63) is 23.7 Å². The lowest BCUT2D eigenvalue weighted by Gasteiger charge is -2.18. The van der Waals surface area contributed by atoms with E-state index >= 15 is 0 Å². The first-order valence-corrected chi connectivity index (χ1v) is 4.91. The summed E-state index contributed by atoms with van der Waals surface area (Å²) in [7, 11) is 0. The molecule has 0 aliphatic rings. The maximum absolute atomic E-state index is 11.9. The molecule has 4 nitrogen and oxygen atoms in total. The summed E-state index contributed by atoms with van der Waals surface area (Å²) in [5, 5.41) is 8.47. The van der Waals surface area contributed by atoms with E-state index in [1.807, 2.05) is 19.9 Å². The molecule has 0 atom stereocenters. The van der Waals surface area contributed by atoms with Gasteiger partial charge in [-0.05, 0) is 19.9 Å². The third-order valence-electron chi connectivity index (χ3n) is 2.22. The van der Waals surface area contributed by atoms with Gasteiger partial charge < -0.3 is 9.32 Å². The Morgan fingerprint density at radius 2 is 2.40 bits per heavy atom. The fourth-order valence-corrected chi connectivity index (χ4v) is 1.32. The zero-order valence-corrected chi connectivity index (χ0v) is 8.99. The lowest BCUT2D eigenvalue weighted by atomic mass is 10.2. The molecule has 1 heterocycles. The molecule has 0 bridgehead atoms. The van der Waals surface area contributed by atoms with Crippen LogP contribution in [0, 0.1) is 18.3 Å². The van der Waals surface area contributed by atoms with Gasteiger partial charge in [0.05, 0.1) is 18.8 Å². The Morgan fingerprint density at radius 3 is 2.87 bits per heavy atom. The summed E-state index contributed by atoms with van der Waals surface area (Å²) in [6.45, 7) is 4.75. The summed E-state index contributed by atoms with van der Waals surface area (Å²) in [6.07, 6.45) is 1.85. The van der Waals surface area contributed by atoms with Crippen molar-refractivity contribution in [1.29, 1.82) is 5.26 Å². The molecular weight excluding hydrogens is 192 g/mol. The van der Waals surface area contributed by atoms with Crippen molar-refractivity contribution in [2.24, 2.45) is 0 Å². The fourth-order valence-electron chi connectivity index (χ4n) is 1.32. The minimum Gasteiger partial charge on any atom is -0.459 e. The number of nitrogens with zero attached hydrogens (tertiary/aromatic N) is 2. The third kappa shape index (κ3) is 2.59. The molecule has 1 rings (SSSR count). The van der Waals surface area contributed by atoms with Gasteiger partial charge in [-0.15, -0.1) is 0 Å². The normalized spacial score (nSPS) is 9.67. The van der Waals surface area contributed by atoms with Gasteiger partial charge in [0.15, 0.2) is 5.76 Å². The zero-order chi connectivity index (χ0) is 11.3. The lowest BCUT2D eigenvalue weighted by Crippen LogP contribution is -2.31. The maximum atomic E-state index is 11.9. The van der Waals surface area contributed by atoms with Crippen molar-refractivity contribution >= 4 is 5.91 Å². The molecule has 0 saturated heterocycles. The molecule has 4 heteroatoms. The van der Waals surface area contributed by atoms with Crippen molar-refractivity contribution in [1.82, 2.24) is 4.90 Å². The van der Waals surface area contributed by atoms with Crippen LogP contribution in [0.15, 0.2) is 16.7 Å². The first kappa shape index (κ1) is 11.3. The molecule has 0 fully saturated rings. The standard InChI is InChI=1S/C11H14N2O2/c1-3-13(7-4-6-12)11(14)10-9(2)5-8-15-10/h5,8H,3-4,7H2,1-2H3. The topological polar surface area (TPSA) is 57.2 Å². The molecule has 0 saturated carbocycles. The van der Waals surface area contributed by atoms with Gasteiger partial charge in [0.2, 0.25) is 0 Å². The quantitative estimate of drug-likeness (QED) is 0.756. The highest BCUT2D eigenvalue weighted by atomic mass is 16.3. The molecule has 1 aromatic rings. The van der Waals surface area contributed by atoms with E-state index in [4.69, 9.17) is 9.68 Å². The highest BCUT2D eigenvalue weighted by Crippen LogP contribution is 2.12. The molecule has 0 aliphatic heterocycles. The molecule has 0 radical (unpaired) electrons. The number of carbonyl (C=O) groups excluding carboxylic acids is 1. The van der Waals surface area contributed by atoms with Crippen LogP contribution in [0.1, 0.15) is 29.5 Å². The first-order valence-electron chi connectivity index (χ1n) is 4.91. The molecule has 80 valence electrons. The van der Waals surface area contributed by atoms with E-state index in [0.29, 0.717) is 25.3 Å². The Labute approximate surface area is 89.1 Å². The second-order valence-corrected chi connectivity index (χ2v) is 3.23. The summed E-state index contributed by atoms with van der Waals surface area (Å²) in [5.41, 5.74) is 0.829. The number of furan rings is 1. The molecule has 0 aromatic carbocycles. The number of hydrogen-bond donors (Lipinski definition) is 0. The number of aryl methyl sites for hydroxylation is 1. The molecule has 0 N–H and O–H groups in total. The van der Waals surface area contributed by atoms with Gasteiger partial charge >= 0.3 is 0 Å². The lowest BCUT2D eigenvalue weighted by molar-refractivity contribution is 0.0735. The largest absolute Gasteiger partial charge is 0.459 e. The van der Waals surface area contributed by atoms with E-state index in [-0.39, 0.29) is 5.91 Å². The SMILES string of the molecule is CCN(CCC#N)C(=O)c1occc1C. The zero-order valence-electron chi connectivity index (χ0n) is 8.99. The highest BCUT2D eigenvalue weighted by molar-refractivity contribution is 5.92. The maximum Gasteiger partial charge on any atom is 0.289 e. The van der Waals surface area contributed by atoms with Crippen LogP contribution in [0.3, 0.4) is 0 Å². The number of carbonyl (C=O) groups is 1. The van der Waals surface area contributed by atoms with Crippen molar-refractivity contribution < 1.29 is 9.21 Å². The van der Waals surface area contributed by atoms with Crippen molar-refractivity contribution in [2.45, 2.75) is 20.3 Å². The monoisotopic (exact) mass is 206 g/mol. The number of nitriles is 1. The summed E-state index contributed by atoms with van der Waals surface area (Å²) in [6, 6.07) is 3.78. The predicted octanol–water partition coefficient (Wildman–Crippen LogP) is 1.96. The minimum absolute atomic E-state index is 0.143. The van der Waals surface area contributed by atoms with Crippen LogP contribution in [-0.4, -0.2) is 23.9 Å². The summed E-state index contributed by atoms with van der Waals surface area (Å²) >= 11 is 0. The third-order valence-corrected chi connectivity index (χ3v) is 2.22. The molecule has 0 spiro atoms. The van der Waals surface area contributed by atoms with Gasteiger partial charge in [0.25, 0.3) is 5.91 Å². The Morgan fingerprint density at radius 1 is 1.67 bits per heavy atom. The van der Waals surface area contributed by atoms with Gasteiger partial charge in [-0.3, -0.25) is 4.79 Å². The fraction of sp³-hybridized carbons (Fsp3) is 0.455. The number of hydrogen-bond acceptors (Lipinski definition) is 3. The second-order valence-electron chi connectivity index (χ2n) is 3.23. The first-order chi connectivity index (χ1) is 7.20. The van der Waals surface area contributed by atoms with E-state index in [2.05, 4.69) is 0 Å². The van der Waals surface area contributed by atoms with Gasteiger partial charge in [0, 0.05) is 18.7 Å². The van der Waals surface area contributed by atoms with Gasteiger partial charge in [-0.2, -0.15) is 5.26 Å². The van der Waals surface area contributed by atoms with Gasteiger partial charge in [-0.25, -0.2) is 0 Å². The van der Waals surface area contributed by atoms with Crippen LogP contribution in [-0.2, 0) is 0 Å². The Hall–Kier alpha value is -1.76. The highest BCUT2D eigenvalue weighted by Gasteiger charge is 2.18. The average molecular weight is 206 g/mol. The van der Waals surface area contributed by atoms with E-state index < -0.39 is 0 Å². The average Bonchev–Trinajstić information content (AvgIpc) is 2.65. The number of amides is 1. The van der Waals surface area contributed by atoms with Crippen molar-refractivity contribution in [3.63, 3.8) is 0 Å². The summed E-state index contributed by atoms with van der Waals surface area (Å²) in [5.74, 6) is 0.227. The van der Waals surface area contributed by atoms with E-state index in [1.165, 1.54) is 6.26 Å². The molecule has 1 amide bonds. The van der Waals surface area contributed by atoms with Crippen LogP contribution < -0.4 is 0 Å². The molecule has 0 aliphatic carbocycles. The summed E-state index contributed by atoms with van der Waals surface area (Å²) in [4.78, 5) is 13.5.